The second-order valence-corrected chi connectivity index (χ2v) is 8.01. The topological polar surface area (TPSA) is 97.0 Å². The average Bonchev–Trinajstić information content (AvgIpc) is 3.10. The molecule has 0 spiro atoms. The molecule has 1 saturated carbocycles. The van der Waals surface area contributed by atoms with E-state index in [1.54, 1.807) is 10.9 Å². The van der Waals surface area contributed by atoms with Crippen molar-refractivity contribution in [1.29, 1.82) is 5.26 Å². The maximum Gasteiger partial charge on any atom is 0.213 e. The summed E-state index contributed by atoms with van der Waals surface area (Å²) in [6, 6.07) is 1.82. The minimum Gasteiger partial charge on any atom is -0.372 e. The first-order valence-corrected chi connectivity index (χ1v) is 9.10. The first-order valence-electron chi connectivity index (χ1n) is 7.44. The SMILES string of the molecule is Cn1cc([C@H]2OCCC[C@@H]2NS(=O)(=O)CC2(C#N)CC2)cn1. The van der Waals surface area contributed by atoms with Crippen LogP contribution in [-0.4, -0.2) is 36.6 Å². The van der Waals surface area contributed by atoms with E-state index >= 15 is 0 Å². The molecule has 3 rings (SSSR count). The summed E-state index contributed by atoms with van der Waals surface area (Å²) in [6.45, 7) is 0.611. The van der Waals surface area contributed by atoms with E-state index in [4.69, 9.17) is 10.00 Å². The normalized spacial score (nSPS) is 27.3. The number of nitrogens with one attached hydrogen (secondary N) is 1. The van der Waals surface area contributed by atoms with Gasteiger partial charge in [-0.2, -0.15) is 10.4 Å². The van der Waals surface area contributed by atoms with Gasteiger partial charge in [-0.05, 0) is 25.7 Å². The van der Waals surface area contributed by atoms with Crippen molar-refractivity contribution in [1.82, 2.24) is 14.5 Å². The largest absolute Gasteiger partial charge is 0.372 e. The van der Waals surface area contributed by atoms with Gasteiger partial charge < -0.3 is 4.74 Å². The predicted molar refractivity (Wildman–Crippen MR) is 79.1 cm³/mol. The molecule has 1 aliphatic heterocycles. The summed E-state index contributed by atoms with van der Waals surface area (Å²) in [4.78, 5) is 0. The van der Waals surface area contributed by atoms with Crippen LogP contribution in [0.5, 0.6) is 0 Å². The van der Waals surface area contributed by atoms with E-state index in [0.717, 1.165) is 18.4 Å². The van der Waals surface area contributed by atoms with Crippen LogP contribution in [0.4, 0.5) is 0 Å². The molecule has 120 valence electrons. The number of nitriles is 1. The molecule has 22 heavy (non-hydrogen) atoms. The monoisotopic (exact) mass is 324 g/mol. The lowest BCUT2D eigenvalue weighted by atomic mass is 9.99. The second kappa shape index (κ2) is 5.65. The molecule has 1 aromatic heterocycles. The third kappa shape index (κ3) is 3.32. The standard InChI is InChI=1S/C14H20N4O3S/c1-18-8-11(7-16-18)13-12(3-2-6-21-13)17-22(19,20)10-14(9-15)4-5-14/h7-8,12-13,17H,2-6,10H2,1H3/t12-,13+/m0/s1. The van der Waals surface area contributed by atoms with Crippen molar-refractivity contribution < 1.29 is 13.2 Å². The molecule has 0 amide bonds. The average molecular weight is 324 g/mol. The lowest BCUT2D eigenvalue weighted by molar-refractivity contribution is -0.00448. The number of ether oxygens (including phenoxy) is 1. The Labute approximate surface area is 130 Å². The highest BCUT2D eigenvalue weighted by Crippen LogP contribution is 2.46. The molecular weight excluding hydrogens is 304 g/mol. The fourth-order valence-corrected chi connectivity index (χ4v) is 4.76. The summed E-state index contributed by atoms with van der Waals surface area (Å²) < 4.78 is 34.9. The Hall–Kier alpha value is -1.43. The quantitative estimate of drug-likeness (QED) is 0.866. The van der Waals surface area contributed by atoms with Gasteiger partial charge in [0.05, 0.1) is 29.5 Å². The molecule has 1 aromatic rings. The van der Waals surface area contributed by atoms with Crippen LogP contribution in [0.25, 0.3) is 0 Å². The summed E-state index contributed by atoms with van der Waals surface area (Å²) in [5.41, 5.74) is 0.196. The Balaban J connectivity index is 1.73. The van der Waals surface area contributed by atoms with Gasteiger partial charge >= 0.3 is 0 Å². The van der Waals surface area contributed by atoms with Gasteiger partial charge in [-0.3, -0.25) is 4.68 Å². The fourth-order valence-electron chi connectivity index (χ4n) is 2.89. The van der Waals surface area contributed by atoms with Crippen molar-refractivity contribution in [3.05, 3.63) is 18.0 Å². The molecule has 1 saturated heterocycles. The summed E-state index contributed by atoms with van der Waals surface area (Å²) in [5, 5.41) is 13.2. The lowest BCUT2D eigenvalue weighted by Gasteiger charge is -2.31. The third-order valence-electron chi connectivity index (χ3n) is 4.26. The van der Waals surface area contributed by atoms with Crippen molar-refractivity contribution in [2.24, 2.45) is 12.5 Å². The molecule has 2 aliphatic rings. The number of rotatable bonds is 5. The minimum absolute atomic E-state index is 0.118. The summed E-state index contributed by atoms with van der Waals surface area (Å²) in [7, 11) is -1.69. The summed E-state index contributed by atoms with van der Waals surface area (Å²) in [5.74, 6) is -0.118. The van der Waals surface area contributed by atoms with Crippen LogP contribution in [0.15, 0.2) is 12.4 Å². The number of aryl methyl sites for hydroxylation is 1. The van der Waals surface area contributed by atoms with Gasteiger partial charge in [-0.15, -0.1) is 0 Å². The van der Waals surface area contributed by atoms with E-state index in [1.807, 2.05) is 13.2 Å². The van der Waals surface area contributed by atoms with E-state index in [9.17, 15) is 8.42 Å². The number of hydrogen-bond donors (Lipinski definition) is 1. The molecule has 2 atom stereocenters. The van der Waals surface area contributed by atoms with Gasteiger partial charge in [0, 0.05) is 25.4 Å². The molecule has 8 heteroatoms. The highest BCUT2D eigenvalue weighted by Gasteiger charge is 2.47. The van der Waals surface area contributed by atoms with Crippen LogP contribution < -0.4 is 4.72 Å². The van der Waals surface area contributed by atoms with Crippen LogP contribution in [0.3, 0.4) is 0 Å². The number of aromatic nitrogens is 2. The second-order valence-electron chi connectivity index (χ2n) is 6.26. The molecule has 2 fully saturated rings. The molecule has 1 N–H and O–H groups in total. The smallest absolute Gasteiger partial charge is 0.213 e. The Kier molecular flexibility index (Phi) is 3.97. The van der Waals surface area contributed by atoms with Gasteiger partial charge in [-0.1, -0.05) is 0 Å². The zero-order chi connectivity index (χ0) is 15.8. The molecule has 0 radical (unpaired) electrons. The van der Waals surface area contributed by atoms with Crippen molar-refractivity contribution in [3.63, 3.8) is 0 Å². The Morgan fingerprint density at radius 1 is 1.59 bits per heavy atom. The van der Waals surface area contributed by atoms with Crippen molar-refractivity contribution in [2.75, 3.05) is 12.4 Å². The highest BCUT2D eigenvalue weighted by atomic mass is 32.2. The van der Waals surface area contributed by atoms with Crippen molar-refractivity contribution in [2.45, 2.75) is 37.8 Å². The number of hydrogen-bond acceptors (Lipinski definition) is 5. The lowest BCUT2D eigenvalue weighted by Crippen LogP contribution is -2.44. The van der Waals surface area contributed by atoms with Gasteiger partial charge in [0.15, 0.2) is 0 Å². The first kappa shape index (κ1) is 15.5. The van der Waals surface area contributed by atoms with Gasteiger partial charge in [-0.25, -0.2) is 13.1 Å². The van der Waals surface area contributed by atoms with Gasteiger partial charge in [0.1, 0.15) is 6.10 Å². The van der Waals surface area contributed by atoms with Crippen molar-refractivity contribution >= 4 is 10.0 Å². The third-order valence-corrected chi connectivity index (χ3v) is 5.86. The molecule has 0 bridgehead atoms. The highest BCUT2D eigenvalue weighted by molar-refractivity contribution is 7.89. The maximum absolute atomic E-state index is 12.4. The van der Waals surface area contributed by atoms with Gasteiger partial charge in [0.2, 0.25) is 10.0 Å². The fraction of sp³-hybridized carbons (Fsp3) is 0.714. The zero-order valence-corrected chi connectivity index (χ0v) is 13.3. The summed E-state index contributed by atoms with van der Waals surface area (Å²) >= 11 is 0. The number of nitrogens with zero attached hydrogens (tertiary/aromatic N) is 3. The molecule has 7 nitrogen and oxygen atoms in total. The molecule has 2 heterocycles. The van der Waals surface area contributed by atoms with E-state index in [2.05, 4.69) is 15.9 Å². The molecule has 0 unspecified atom stereocenters. The maximum atomic E-state index is 12.4. The van der Waals surface area contributed by atoms with Crippen LogP contribution >= 0.6 is 0 Å². The minimum atomic E-state index is -3.50. The number of sulfonamides is 1. The zero-order valence-electron chi connectivity index (χ0n) is 12.5. The molecule has 1 aliphatic carbocycles. The van der Waals surface area contributed by atoms with E-state index < -0.39 is 15.4 Å². The summed E-state index contributed by atoms with van der Waals surface area (Å²) in [6.07, 6.45) is 6.08. The van der Waals surface area contributed by atoms with E-state index in [0.29, 0.717) is 19.4 Å². The van der Waals surface area contributed by atoms with E-state index in [1.165, 1.54) is 0 Å². The molecule has 0 aromatic carbocycles. The van der Waals surface area contributed by atoms with Crippen molar-refractivity contribution in [3.8, 4) is 6.07 Å². The molecular formula is C14H20N4O3S. The van der Waals surface area contributed by atoms with Crippen LogP contribution in [0, 0.1) is 16.7 Å². The van der Waals surface area contributed by atoms with E-state index in [-0.39, 0.29) is 17.9 Å². The van der Waals surface area contributed by atoms with Crippen LogP contribution in [0.2, 0.25) is 0 Å². The first-order chi connectivity index (χ1) is 10.4. The van der Waals surface area contributed by atoms with Crippen LogP contribution in [-0.2, 0) is 21.8 Å². The van der Waals surface area contributed by atoms with Gasteiger partial charge in [0.25, 0.3) is 0 Å². The van der Waals surface area contributed by atoms with Crippen LogP contribution in [0.1, 0.15) is 37.4 Å². The Morgan fingerprint density at radius 3 is 2.95 bits per heavy atom. The Morgan fingerprint density at radius 2 is 2.36 bits per heavy atom. The predicted octanol–water partition coefficient (Wildman–Crippen LogP) is 0.863. The Bertz CT molecular complexity index is 687.